The zero-order valence-electron chi connectivity index (χ0n) is 10.8. The summed E-state index contributed by atoms with van der Waals surface area (Å²) >= 11 is 5.97. The Labute approximate surface area is 116 Å². The summed E-state index contributed by atoms with van der Waals surface area (Å²) in [4.78, 5) is 16.0. The van der Waals surface area contributed by atoms with Gasteiger partial charge in [0.15, 0.2) is 4.75 Å². The maximum absolute atomic E-state index is 12.0. The van der Waals surface area contributed by atoms with Crippen molar-refractivity contribution in [3.8, 4) is 0 Å². The van der Waals surface area contributed by atoms with Crippen molar-refractivity contribution in [3.63, 3.8) is 0 Å². The van der Waals surface area contributed by atoms with Crippen molar-refractivity contribution in [1.82, 2.24) is 9.29 Å². The minimum absolute atomic E-state index is 0.140. The van der Waals surface area contributed by atoms with E-state index in [1.807, 2.05) is 0 Å². The summed E-state index contributed by atoms with van der Waals surface area (Å²) in [5.41, 5.74) is 0.348. The molecule has 6 nitrogen and oxygen atoms in total. The highest BCUT2D eigenvalue weighted by atomic mass is 35.5. The van der Waals surface area contributed by atoms with Gasteiger partial charge in [-0.3, -0.25) is 4.79 Å². The second kappa shape index (κ2) is 4.35. The van der Waals surface area contributed by atoms with E-state index < -0.39 is 20.7 Å². The number of aromatic nitrogens is 1. The zero-order chi connectivity index (χ0) is 14.4. The summed E-state index contributed by atoms with van der Waals surface area (Å²) < 4.78 is 23.4. The van der Waals surface area contributed by atoms with E-state index in [0.29, 0.717) is 16.5 Å². The first-order valence-corrected chi connectivity index (χ1v) is 7.43. The molecule has 1 N–H and O–H groups in total. The van der Waals surface area contributed by atoms with Crippen molar-refractivity contribution >= 4 is 33.3 Å². The van der Waals surface area contributed by atoms with Crippen LogP contribution in [0.1, 0.15) is 19.5 Å². The van der Waals surface area contributed by atoms with Crippen LogP contribution >= 0.6 is 11.6 Å². The number of anilines is 1. The molecule has 1 aliphatic rings. The summed E-state index contributed by atoms with van der Waals surface area (Å²) in [6, 6.07) is 3.28. The molecule has 1 aromatic rings. The van der Waals surface area contributed by atoms with Gasteiger partial charge in [0.05, 0.1) is 17.3 Å². The Morgan fingerprint density at radius 1 is 1.42 bits per heavy atom. The van der Waals surface area contributed by atoms with Crippen LogP contribution in [0, 0.1) is 0 Å². The van der Waals surface area contributed by atoms with Gasteiger partial charge in [-0.2, -0.15) is 0 Å². The van der Waals surface area contributed by atoms with Crippen molar-refractivity contribution < 1.29 is 13.2 Å². The first-order chi connectivity index (χ1) is 8.71. The maximum atomic E-state index is 12.0. The number of hydrogen-bond acceptors (Lipinski definition) is 5. The van der Waals surface area contributed by atoms with Crippen LogP contribution in [-0.2, 0) is 21.4 Å². The van der Waals surface area contributed by atoms with Gasteiger partial charge in [0.1, 0.15) is 5.82 Å². The molecule has 1 aromatic heterocycles. The largest absolute Gasteiger partial charge is 0.373 e. The molecule has 19 heavy (non-hydrogen) atoms. The molecule has 0 unspecified atom stereocenters. The molecule has 0 saturated carbocycles. The second-order valence-electron chi connectivity index (χ2n) is 4.70. The summed E-state index contributed by atoms with van der Waals surface area (Å²) in [7, 11) is -1.93. The fourth-order valence-corrected chi connectivity index (χ4v) is 3.44. The third kappa shape index (κ3) is 1.97. The summed E-state index contributed by atoms with van der Waals surface area (Å²) in [5, 5.41) is 3.16. The lowest BCUT2D eigenvalue weighted by Crippen LogP contribution is -2.66. The minimum Gasteiger partial charge on any atom is -0.373 e. The Balaban J connectivity index is 2.31. The Kier molecular flexibility index (Phi) is 3.22. The maximum Gasteiger partial charge on any atom is 0.259 e. The lowest BCUT2D eigenvalue weighted by atomic mass is 10.2. The van der Waals surface area contributed by atoms with Crippen LogP contribution in [0.2, 0.25) is 5.02 Å². The molecular formula is C11H14ClN3O3S. The number of carbonyl (C=O) groups excluding carboxylic acids is 1. The summed E-state index contributed by atoms with van der Waals surface area (Å²) in [5.74, 6) is 0.115. The molecule has 0 bridgehead atoms. The fraction of sp³-hybridized carbons (Fsp3) is 0.455. The lowest BCUT2D eigenvalue weighted by Gasteiger charge is -2.42. The molecule has 1 fully saturated rings. The van der Waals surface area contributed by atoms with E-state index in [0.717, 1.165) is 4.31 Å². The van der Waals surface area contributed by atoms with Crippen LogP contribution in [0.25, 0.3) is 0 Å². The topological polar surface area (TPSA) is 79.4 Å². The number of nitrogens with one attached hydrogen (secondary N) is 1. The number of nitrogens with zero attached hydrogens (tertiary/aromatic N) is 2. The molecule has 1 amide bonds. The predicted molar refractivity (Wildman–Crippen MR) is 72.3 cm³/mol. The van der Waals surface area contributed by atoms with Crippen LogP contribution in [0.3, 0.4) is 0 Å². The highest BCUT2D eigenvalue weighted by molar-refractivity contribution is 7.94. The van der Waals surface area contributed by atoms with Crippen LogP contribution in [0.4, 0.5) is 5.82 Å². The van der Waals surface area contributed by atoms with Gasteiger partial charge in [0, 0.05) is 7.05 Å². The molecule has 2 heterocycles. The molecule has 2 rings (SSSR count). The molecule has 0 spiro atoms. The Morgan fingerprint density at radius 2 is 2.05 bits per heavy atom. The van der Waals surface area contributed by atoms with Crippen molar-refractivity contribution in [2.75, 3.05) is 12.4 Å². The van der Waals surface area contributed by atoms with E-state index in [1.165, 1.54) is 13.8 Å². The zero-order valence-corrected chi connectivity index (χ0v) is 12.3. The van der Waals surface area contributed by atoms with E-state index in [4.69, 9.17) is 11.6 Å². The van der Waals surface area contributed by atoms with Crippen molar-refractivity contribution in [2.24, 2.45) is 0 Å². The van der Waals surface area contributed by atoms with Crippen LogP contribution < -0.4 is 5.32 Å². The number of sulfonamides is 1. The fourth-order valence-electron chi connectivity index (χ4n) is 1.78. The molecule has 0 radical (unpaired) electrons. The highest BCUT2D eigenvalue weighted by Gasteiger charge is 2.60. The van der Waals surface area contributed by atoms with Crippen LogP contribution in [-0.4, -0.2) is 35.4 Å². The number of rotatable bonds is 3. The third-order valence-electron chi connectivity index (χ3n) is 3.14. The smallest absolute Gasteiger partial charge is 0.259 e. The molecule has 8 heteroatoms. The summed E-state index contributed by atoms with van der Waals surface area (Å²) in [6.45, 7) is 2.64. The number of carbonyl (C=O) groups is 1. The Bertz CT molecular complexity index is 643. The van der Waals surface area contributed by atoms with E-state index in [1.54, 1.807) is 19.2 Å². The van der Waals surface area contributed by atoms with Gasteiger partial charge in [0.2, 0.25) is 0 Å². The van der Waals surface area contributed by atoms with Gasteiger partial charge >= 0.3 is 0 Å². The first kappa shape index (κ1) is 14.1. The summed E-state index contributed by atoms with van der Waals surface area (Å²) in [6.07, 6.45) is 0. The van der Waals surface area contributed by atoms with E-state index >= 15 is 0 Å². The average Bonchev–Trinajstić information content (AvgIpc) is 2.36. The molecular weight excluding hydrogens is 290 g/mol. The second-order valence-corrected chi connectivity index (χ2v) is 7.52. The van der Waals surface area contributed by atoms with Crippen LogP contribution in [0.15, 0.2) is 12.1 Å². The average molecular weight is 304 g/mol. The Morgan fingerprint density at radius 3 is 2.58 bits per heavy atom. The molecule has 0 aromatic carbocycles. The molecule has 104 valence electrons. The lowest BCUT2D eigenvalue weighted by molar-refractivity contribution is -0.132. The van der Waals surface area contributed by atoms with Gasteiger partial charge in [-0.25, -0.2) is 17.7 Å². The van der Waals surface area contributed by atoms with Gasteiger partial charge < -0.3 is 5.32 Å². The number of amides is 1. The van der Waals surface area contributed by atoms with Crippen molar-refractivity contribution in [1.29, 1.82) is 0 Å². The van der Waals surface area contributed by atoms with E-state index in [-0.39, 0.29) is 6.54 Å². The van der Waals surface area contributed by atoms with E-state index in [2.05, 4.69) is 10.3 Å². The SMILES string of the molecule is CNc1ccc(Cl)c(CN2C(=O)C(C)(C)S2(=O)=O)n1. The number of pyridine rings is 1. The monoisotopic (exact) mass is 303 g/mol. The first-order valence-electron chi connectivity index (χ1n) is 5.61. The standard InChI is InChI=1S/C11H14ClN3O3S/c1-11(2)10(16)15(19(11,17)18)6-8-7(12)4-5-9(13-3)14-8/h4-5H,6H2,1-3H3,(H,13,14). The molecule has 1 aliphatic heterocycles. The van der Waals surface area contributed by atoms with Crippen molar-refractivity contribution in [2.45, 2.75) is 25.1 Å². The van der Waals surface area contributed by atoms with E-state index in [9.17, 15) is 13.2 Å². The quantitative estimate of drug-likeness (QED) is 0.908. The van der Waals surface area contributed by atoms with Gasteiger partial charge in [-0.15, -0.1) is 0 Å². The highest BCUT2D eigenvalue weighted by Crippen LogP contribution is 2.36. The van der Waals surface area contributed by atoms with Gasteiger partial charge in [0.25, 0.3) is 15.9 Å². The molecule has 0 atom stereocenters. The van der Waals surface area contributed by atoms with Crippen molar-refractivity contribution in [3.05, 3.63) is 22.8 Å². The number of hydrogen-bond donors (Lipinski definition) is 1. The molecule has 1 saturated heterocycles. The van der Waals surface area contributed by atoms with Gasteiger partial charge in [-0.1, -0.05) is 11.6 Å². The Hall–Kier alpha value is -1.34. The normalized spacial score (nSPS) is 20.0. The predicted octanol–water partition coefficient (Wildman–Crippen LogP) is 1.23. The minimum atomic E-state index is -3.62. The van der Waals surface area contributed by atoms with Crippen LogP contribution in [0.5, 0.6) is 0 Å². The number of halogens is 1. The molecule has 0 aliphatic carbocycles. The van der Waals surface area contributed by atoms with Gasteiger partial charge in [-0.05, 0) is 26.0 Å². The third-order valence-corrected chi connectivity index (χ3v) is 5.83.